The van der Waals surface area contributed by atoms with Gasteiger partial charge in [-0.15, -0.1) is 0 Å². The second kappa shape index (κ2) is 4.65. The second-order valence-electron chi connectivity index (χ2n) is 4.54. The summed E-state index contributed by atoms with van der Waals surface area (Å²) in [5, 5.41) is 0. The van der Waals surface area contributed by atoms with Crippen LogP contribution in [-0.4, -0.2) is 5.97 Å². The van der Waals surface area contributed by atoms with Crippen LogP contribution >= 0.6 is 0 Å². The number of hydrogen-bond donors (Lipinski definition) is 0. The number of hydrogen-bond acceptors (Lipinski definition) is 2. The average molecular weight is 238 g/mol. The maximum Gasteiger partial charge on any atom is 0.310 e. The van der Waals surface area contributed by atoms with Crippen LogP contribution in [0.3, 0.4) is 0 Å². The van der Waals surface area contributed by atoms with E-state index in [-0.39, 0.29) is 12.1 Å². The molecule has 0 aliphatic heterocycles. The molecule has 2 heteroatoms. The van der Waals surface area contributed by atoms with Crippen LogP contribution in [0.15, 0.2) is 54.6 Å². The number of ether oxygens (including phenoxy) is 1. The van der Waals surface area contributed by atoms with Crippen LogP contribution in [0.1, 0.15) is 22.8 Å². The summed E-state index contributed by atoms with van der Waals surface area (Å²) in [5.74, 6) is -0.152. The van der Waals surface area contributed by atoms with Crippen LogP contribution in [-0.2, 0) is 22.4 Å². The highest BCUT2D eigenvalue weighted by molar-refractivity contribution is 5.73. The fourth-order valence-electron chi connectivity index (χ4n) is 2.28. The number of benzene rings is 2. The molecule has 90 valence electrons. The SMILES string of the molecule is O=C(Cc1ccccc1)O[C@H]1Cc2ccccc21. The topological polar surface area (TPSA) is 26.3 Å². The molecule has 0 saturated carbocycles. The maximum absolute atomic E-state index is 11.8. The Morgan fingerprint density at radius 3 is 2.56 bits per heavy atom. The molecule has 1 aliphatic carbocycles. The Kier molecular flexibility index (Phi) is 2.85. The van der Waals surface area contributed by atoms with Gasteiger partial charge >= 0.3 is 5.97 Å². The van der Waals surface area contributed by atoms with Crippen molar-refractivity contribution in [3.63, 3.8) is 0 Å². The molecule has 0 N–H and O–H groups in total. The van der Waals surface area contributed by atoms with Crippen molar-refractivity contribution in [1.82, 2.24) is 0 Å². The largest absolute Gasteiger partial charge is 0.457 e. The van der Waals surface area contributed by atoms with E-state index in [1.807, 2.05) is 48.5 Å². The molecule has 0 saturated heterocycles. The molecule has 2 nitrogen and oxygen atoms in total. The molecule has 0 bridgehead atoms. The van der Waals surface area contributed by atoms with Gasteiger partial charge < -0.3 is 4.74 Å². The van der Waals surface area contributed by atoms with Crippen LogP contribution in [0.2, 0.25) is 0 Å². The van der Waals surface area contributed by atoms with Crippen molar-refractivity contribution in [3.8, 4) is 0 Å². The number of carbonyl (C=O) groups is 1. The summed E-state index contributed by atoms with van der Waals surface area (Å²) in [5.41, 5.74) is 3.43. The highest BCUT2D eigenvalue weighted by Crippen LogP contribution is 2.35. The van der Waals surface area contributed by atoms with Gasteiger partial charge in [0, 0.05) is 6.42 Å². The van der Waals surface area contributed by atoms with Gasteiger partial charge in [-0.3, -0.25) is 4.79 Å². The van der Waals surface area contributed by atoms with Crippen LogP contribution in [0, 0.1) is 0 Å². The van der Waals surface area contributed by atoms with E-state index in [0.717, 1.165) is 17.5 Å². The van der Waals surface area contributed by atoms with E-state index in [1.54, 1.807) is 0 Å². The standard InChI is InChI=1S/C16H14O2/c17-16(10-12-6-2-1-3-7-12)18-15-11-13-8-4-5-9-14(13)15/h1-9,15H,10-11H2/t15-/m0/s1. The third-order valence-corrected chi connectivity index (χ3v) is 3.27. The van der Waals surface area contributed by atoms with Gasteiger partial charge in [0.1, 0.15) is 6.10 Å². The van der Waals surface area contributed by atoms with Crippen molar-refractivity contribution in [2.75, 3.05) is 0 Å². The molecule has 2 aromatic rings. The maximum atomic E-state index is 11.8. The first-order chi connectivity index (χ1) is 8.83. The lowest BCUT2D eigenvalue weighted by Gasteiger charge is -2.29. The van der Waals surface area contributed by atoms with Crippen molar-refractivity contribution < 1.29 is 9.53 Å². The van der Waals surface area contributed by atoms with E-state index in [0.29, 0.717) is 6.42 Å². The highest BCUT2D eigenvalue weighted by atomic mass is 16.5. The smallest absolute Gasteiger partial charge is 0.310 e. The van der Waals surface area contributed by atoms with E-state index in [9.17, 15) is 4.79 Å². The minimum atomic E-state index is -0.152. The monoisotopic (exact) mass is 238 g/mol. The second-order valence-corrected chi connectivity index (χ2v) is 4.54. The first-order valence-electron chi connectivity index (χ1n) is 6.14. The first-order valence-corrected chi connectivity index (χ1v) is 6.14. The van der Waals surface area contributed by atoms with E-state index in [4.69, 9.17) is 4.74 Å². The van der Waals surface area contributed by atoms with Gasteiger partial charge in [0.05, 0.1) is 6.42 Å². The summed E-state index contributed by atoms with van der Waals surface area (Å²) < 4.78 is 5.48. The van der Waals surface area contributed by atoms with Gasteiger partial charge in [-0.05, 0) is 16.7 Å². The Bertz CT molecular complexity index is 560. The molecule has 0 unspecified atom stereocenters. The number of carbonyl (C=O) groups excluding carboxylic acids is 1. The highest BCUT2D eigenvalue weighted by Gasteiger charge is 2.28. The quantitative estimate of drug-likeness (QED) is 0.768. The summed E-state index contributed by atoms with van der Waals surface area (Å²) in [6, 6.07) is 17.8. The Labute approximate surface area is 106 Å². The molecule has 0 heterocycles. The van der Waals surface area contributed by atoms with Crippen LogP contribution in [0.4, 0.5) is 0 Å². The summed E-state index contributed by atoms with van der Waals surface area (Å²) in [6.07, 6.45) is 1.15. The zero-order valence-corrected chi connectivity index (χ0v) is 10.0. The van der Waals surface area contributed by atoms with Crippen LogP contribution < -0.4 is 0 Å². The molecule has 1 aliphatic rings. The predicted molar refractivity (Wildman–Crippen MR) is 69.1 cm³/mol. The molecule has 0 aromatic heterocycles. The molecule has 3 rings (SSSR count). The Hall–Kier alpha value is -2.09. The summed E-state index contributed by atoms with van der Waals surface area (Å²) in [7, 11) is 0. The number of esters is 1. The van der Waals surface area contributed by atoms with Crippen LogP contribution in [0.25, 0.3) is 0 Å². The van der Waals surface area contributed by atoms with Crippen molar-refractivity contribution in [2.24, 2.45) is 0 Å². The summed E-state index contributed by atoms with van der Waals surface area (Å²) >= 11 is 0. The lowest BCUT2D eigenvalue weighted by molar-refractivity contribution is -0.149. The molecule has 0 amide bonds. The van der Waals surface area contributed by atoms with Gasteiger partial charge in [0.15, 0.2) is 0 Å². The molecule has 2 aromatic carbocycles. The number of fused-ring (bicyclic) bond motifs is 1. The third kappa shape index (κ3) is 2.14. The molecule has 0 spiro atoms. The van der Waals surface area contributed by atoms with Crippen LogP contribution in [0.5, 0.6) is 0 Å². The average Bonchev–Trinajstić information content (AvgIpc) is 2.37. The number of rotatable bonds is 3. The van der Waals surface area contributed by atoms with E-state index >= 15 is 0 Å². The summed E-state index contributed by atoms with van der Waals surface area (Å²) in [6.45, 7) is 0. The molecule has 18 heavy (non-hydrogen) atoms. The minimum absolute atomic E-state index is 0.0441. The van der Waals surface area contributed by atoms with Crippen molar-refractivity contribution in [3.05, 3.63) is 71.3 Å². The fourth-order valence-corrected chi connectivity index (χ4v) is 2.28. The van der Waals surface area contributed by atoms with Gasteiger partial charge in [-0.2, -0.15) is 0 Å². The zero-order valence-electron chi connectivity index (χ0n) is 10.0. The molecule has 0 radical (unpaired) electrons. The van der Waals surface area contributed by atoms with Gasteiger partial charge in [-0.1, -0.05) is 54.6 Å². The predicted octanol–water partition coefficient (Wildman–Crippen LogP) is 3.07. The van der Waals surface area contributed by atoms with E-state index in [1.165, 1.54) is 5.56 Å². The third-order valence-electron chi connectivity index (χ3n) is 3.27. The van der Waals surface area contributed by atoms with Crippen molar-refractivity contribution in [2.45, 2.75) is 18.9 Å². The van der Waals surface area contributed by atoms with Gasteiger partial charge in [-0.25, -0.2) is 0 Å². The Morgan fingerprint density at radius 2 is 1.78 bits per heavy atom. The Morgan fingerprint density at radius 1 is 1.06 bits per heavy atom. The fraction of sp³-hybridized carbons (Fsp3) is 0.188. The van der Waals surface area contributed by atoms with E-state index in [2.05, 4.69) is 6.07 Å². The summed E-state index contributed by atoms with van der Waals surface area (Å²) in [4.78, 5) is 11.8. The normalized spacial score (nSPS) is 16.6. The molecule has 1 atom stereocenters. The molecular formula is C16H14O2. The van der Waals surface area contributed by atoms with E-state index < -0.39 is 0 Å². The van der Waals surface area contributed by atoms with Crippen molar-refractivity contribution in [1.29, 1.82) is 0 Å². The lowest BCUT2D eigenvalue weighted by Crippen LogP contribution is -2.23. The first kappa shape index (κ1) is 11.0. The van der Waals surface area contributed by atoms with Crippen molar-refractivity contribution >= 4 is 5.97 Å². The Balaban J connectivity index is 1.61. The lowest BCUT2D eigenvalue weighted by atomic mass is 9.85. The minimum Gasteiger partial charge on any atom is -0.457 e. The van der Waals surface area contributed by atoms with Gasteiger partial charge in [0.2, 0.25) is 0 Å². The molecule has 0 fully saturated rings. The molecular weight excluding hydrogens is 224 g/mol. The zero-order chi connectivity index (χ0) is 12.4. The van der Waals surface area contributed by atoms with Gasteiger partial charge in [0.25, 0.3) is 0 Å².